The molecule has 0 heterocycles. The van der Waals surface area contributed by atoms with Gasteiger partial charge in [-0.2, -0.15) is 5.10 Å². The summed E-state index contributed by atoms with van der Waals surface area (Å²) in [5.41, 5.74) is 3.62. The average Bonchev–Trinajstić information content (AvgIpc) is 2.61. The SMILES string of the molecule is COc1ccc(C=NNC(=O)CCC(=O)Nc2ccccc2)cc1O. The molecule has 2 rings (SSSR count). The summed E-state index contributed by atoms with van der Waals surface area (Å²) in [5.74, 6) is -0.288. The maximum atomic E-state index is 11.7. The molecule has 130 valence electrons. The number of hydrogen-bond donors (Lipinski definition) is 3. The number of rotatable bonds is 7. The van der Waals surface area contributed by atoms with Crippen LogP contribution in [0.25, 0.3) is 0 Å². The highest BCUT2D eigenvalue weighted by Crippen LogP contribution is 2.25. The summed E-state index contributed by atoms with van der Waals surface area (Å²) in [4.78, 5) is 23.4. The Morgan fingerprint density at radius 3 is 2.52 bits per heavy atom. The van der Waals surface area contributed by atoms with Crippen LogP contribution < -0.4 is 15.5 Å². The Kier molecular flexibility index (Phi) is 6.53. The highest BCUT2D eigenvalue weighted by molar-refractivity contribution is 5.93. The van der Waals surface area contributed by atoms with Crippen LogP contribution in [-0.4, -0.2) is 30.2 Å². The number of hydrogen-bond acceptors (Lipinski definition) is 5. The Morgan fingerprint density at radius 1 is 1.12 bits per heavy atom. The topological polar surface area (TPSA) is 100 Å². The number of amides is 2. The standard InChI is InChI=1S/C18H19N3O4/c1-25-16-8-7-13(11-15(16)22)12-19-21-18(24)10-9-17(23)20-14-5-3-2-4-6-14/h2-8,11-12,22H,9-10H2,1H3,(H,20,23)(H,21,24). The van der Waals surface area contributed by atoms with Crippen molar-refractivity contribution in [2.45, 2.75) is 12.8 Å². The third-order valence-corrected chi connectivity index (χ3v) is 3.24. The van der Waals surface area contributed by atoms with Crippen LogP contribution in [0.3, 0.4) is 0 Å². The lowest BCUT2D eigenvalue weighted by Crippen LogP contribution is -2.20. The van der Waals surface area contributed by atoms with Gasteiger partial charge < -0.3 is 15.2 Å². The first-order valence-corrected chi connectivity index (χ1v) is 7.62. The molecule has 2 aromatic rings. The van der Waals surface area contributed by atoms with E-state index in [0.29, 0.717) is 17.0 Å². The largest absolute Gasteiger partial charge is 0.504 e. The molecule has 0 radical (unpaired) electrons. The summed E-state index contributed by atoms with van der Waals surface area (Å²) in [6.07, 6.45) is 1.46. The van der Waals surface area contributed by atoms with E-state index in [-0.39, 0.29) is 30.4 Å². The second-order valence-electron chi connectivity index (χ2n) is 5.14. The second kappa shape index (κ2) is 9.07. The van der Waals surface area contributed by atoms with Gasteiger partial charge in [0.25, 0.3) is 0 Å². The lowest BCUT2D eigenvalue weighted by Gasteiger charge is -2.04. The van der Waals surface area contributed by atoms with Crippen molar-refractivity contribution in [3.05, 3.63) is 54.1 Å². The van der Waals surface area contributed by atoms with Crippen LogP contribution >= 0.6 is 0 Å². The van der Waals surface area contributed by atoms with E-state index in [9.17, 15) is 14.7 Å². The van der Waals surface area contributed by atoms with E-state index in [0.717, 1.165) is 0 Å². The Bertz CT molecular complexity index is 760. The van der Waals surface area contributed by atoms with E-state index in [1.807, 2.05) is 18.2 Å². The number of benzene rings is 2. The quantitative estimate of drug-likeness (QED) is 0.531. The number of phenolic OH excluding ortho intramolecular Hbond substituents is 1. The molecule has 0 aromatic heterocycles. The number of phenols is 1. The fourth-order valence-corrected chi connectivity index (χ4v) is 1.99. The van der Waals surface area contributed by atoms with Crippen molar-refractivity contribution in [1.82, 2.24) is 5.43 Å². The smallest absolute Gasteiger partial charge is 0.240 e. The molecule has 2 aromatic carbocycles. The number of nitrogens with zero attached hydrogens (tertiary/aromatic N) is 1. The van der Waals surface area contributed by atoms with Crippen LogP contribution in [0.4, 0.5) is 5.69 Å². The van der Waals surface area contributed by atoms with Gasteiger partial charge in [0.15, 0.2) is 11.5 Å². The van der Waals surface area contributed by atoms with Gasteiger partial charge in [-0.25, -0.2) is 5.43 Å². The van der Waals surface area contributed by atoms with Crippen LogP contribution in [0.5, 0.6) is 11.5 Å². The summed E-state index contributed by atoms with van der Waals surface area (Å²) < 4.78 is 4.94. The zero-order valence-electron chi connectivity index (χ0n) is 13.7. The third-order valence-electron chi connectivity index (χ3n) is 3.24. The molecule has 0 atom stereocenters. The van der Waals surface area contributed by atoms with Crippen molar-refractivity contribution in [2.75, 3.05) is 12.4 Å². The number of anilines is 1. The van der Waals surface area contributed by atoms with E-state index < -0.39 is 0 Å². The second-order valence-corrected chi connectivity index (χ2v) is 5.14. The third kappa shape index (κ3) is 5.98. The van der Waals surface area contributed by atoms with Gasteiger partial charge >= 0.3 is 0 Å². The number of hydrazone groups is 1. The summed E-state index contributed by atoms with van der Waals surface area (Å²) in [7, 11) is 1.46. The van der Waals surface area contributed by atoms with Crippen molar-refractivity contribution >= 4 is 23.7 Å². The minimum atomic E-state index is -0.378. The zero-order chi connectivity index (χ0) is 18.1. The van der Waals surface area contributed by atoms with Gasteiger partial charge in [0.1, 0.15) is 0 Å². The summed E-state index contributed by atoms with van der Waals surface area (Å²) in [6, 6.07) is 13.8. The van der Waals surface area contributed by atoms with Crippen LogP contribution in [0.15, 0.2) is 53.6 Å². The van der Waals surface area contributed by atoms with Gasteiger partial charge in [-0.1, -0.05) is 18.2 Å². The normalized spacial score (nSPS) is 10.4. The molecule has 0 fully saturated rings. The molecule has 0 saturated heterocycles. The van der Waals surface area contributed by atoms with Crippen molar-refractivity contribution < 1.29 is 19.4 Å². The van der Waals surface area contributed by atoms with Crippen LogP contribution in [0, 0.1) is 0 Å². The molecule has 7 nitrogen and oxygen atoms in total. The molecule has 0 unspecified atom stereocenters. The monoisotopic (exact) mass is 341 g/mol. The van der Waals surface area contributed by atoms with Gasteiger partial charge in [-0.05, 0) is 35.9 Å². The van der Waals surface area contributed by atoms with E-state index in [1.165, 1.54) is 19.4 Å². The van der Waals surface area contributed by atoms with E-state index in [2.05, 4.69) is 15.8 Å². The summed E-state index contributed by atoms with van der Waals surface area (Å²) in [6.45, 7) is 0. The molecule has 0 aliphatic heterocycles. The fraction of sp³-hybridized carbons (Fsp3) is 0.167. The molecule has 3 N–H and O–H groups in total. The first-order chi connectivity index (χ1) is 12.1. The Hall–Kier alpha value is -3.35. The minimum Gasteiger partial charge on any atom is -0.504 e. The van der Waals surface area contributed by atoms with Crippen molar-refractivity contribution in [3.8, 4) is 11.5 Å². The number of ether oxygens (including phenoxy) is 1. The lowest BCUT2D eigenvalue weighted by molar-refractivity contribution is -0.124. The number of para-hydroxylation sites is 1. The molecule has 2 amide bonds. The molecule has 0 spiro atoms. The Morgan fingerprint density at radius 2 is 1.84 bits per heavy atom. The first kappa shape index (κ1) is 18.0. The van der Waals surface area contributed by atoms with Crippen molar-refractivity contribution in [3.63, 3.8) is 0 Å². The zero-order valence-corrected chi connectivity index (χ0v) is 13.7. The highest BCUT2D eigenvalue weighted by Gasteiger charge is 2.06. The van der Waals surface area contributed by atoms with Gasteiger partial charge in [0.2, 0.25) is 11.8 Å². The number of carbonyl (C=O) groups excluding carboxylic acids is 2. The molecular formula is C18H19N3O4. The van der Waals surface area contributed by atoms with Crippen LogP contribution in [0.1, 0.15) is 18.4 Å². The highest BCUT2D eigenvalue weighted by atomic mass is 16.5. The first-order valence-electron chi connectivity index (χ1n) is 7.62. The van der Waals surface area contributed by atoms with Crippen LogP contribution in [0.2, 0.25) is 0 Å². The van der Waals surface area contributed by atoms with Crippen molar-refractivity contribution in [2.24, 2.45) is 5.10 Å². The molecule has 0 aliphatic carbocycles. The minimum absolute atomic E-state index is 0.0177. The summed E-state index contributed by atoms with van der Waals surface area (Å²) in [5, 5.41) is 16.1. The van der Waals surface area contributed by atoms with Gasteiger partial charge in [0.05, 0.1) is 13.3 Å². The molecule has 0 aliphatic rings. The van der Waals surface area contributed by atoms with E-state index >= 15 is 0 Å². The Balaban J connectivity index is 1.75. The predicted octanol–water partition coefficient (Wildman–Crippen LogP) is 2.27. The molecule has 25 heavy (non-hydrogen) atoms. The van der Waals surface area contributed by atoms with Crippen molar-refractivity contribution in [1.29, 1.82) is 0 Å². The van der Waals surface area contributed by atoms with E-state index in [4.69, 9.17) is 4.74 Å². The van der Waals surface area contributed by atoms with Gasteiger partial charge in [-0.15, -0.1) is 0 Å². The molecular weight excluding hydrogens is 322 g/mol. The fourth-order valence-electron chi connectivity index (χ4n) is 1.99. The number of nitrogens with one attached hydrogen (secondary N) is 2. The number of methoxy groups -OCH3 is 1. The maximum Gasteiger partial charge on any atom is 0.240 e. The number of aromatic hydroxyl groups is 1. The number of carbonyl (C=O) groups is 2. The molecule has 0 saturated carbocycles. The van der Waals surface area contributed by atoms with E-state index in [1.54, 1.807) is 24.3 Å². The van der Waals surface area contributed by atoms with Crippen LogP contribution in [-0.2, 0) is 9.59 Å². The summed E-state index contributed by atoms with van der Waals surface area (Å²) >= 11 is 0. The average molecular weight is 341 g/mol. The predicted molar refractivity (Wildman–Crippen MR) is 94.7 cm³/mol. The molecule has 0 bridgehead atoms. The molecule has 7 heteroatoms. The maximum absolute atomic E-state index is 11.7. The van der Waals surface area contributed by atoms with Gasteiger partial charge in [-0.3, -0.25) is 9.59 Å². The lowest BCUT2D eigenvalue weighted by atomic mass is 10.2. The van der Waals surface area contributed by atoms with Gasteiger partial charge in [0, 0.05) is 18.5 Å². The Labute approximate surface area is 145 Å².